The summed E-state index contributed by atoms with van der Waals surface area (Å²) in [6.45, 7) is 0.604. The van der Waals surface area contributed by atoms with Gasteiger partial charge in [-0.2, -0.15) is 0 Å². The molecule has 0 fully saturated rings. The Hall–Kier alpha value is -1.71. The first-order valence-electron chi connectivity index (χ1n) is 6.11. The smallest absolute Gasteiger partial charge is 0.320 e. The lowest BCUT2D eigenvalue weighted by atomic mass is 10.1. The van der Waals surface area contributed by atoms with Crippen LogP contribution in [-0.2, 0) is 14.4 Å². The summed E-state index contributed by atoms with van der Waals surface area (Å²) in [5, 5.41) is 24.6. The monoisotopic (exact) mass is 293 g/mol. The third-order valence-electron chi connectivity index (χ3n) is 2.27. The molecule has 0 bridgehead atoms. The van der Waals surface area contributed by atoms with Crippen LogP contribution in [0, 0.1) is 0 Å². The van der Waals surface area contributed by atoms with Gasteiger partial charge in [-0.1, -0.05) is 6.42 Å². The predicted octanol–water partition coefficient (Wildman–Crippen LogP) is -1.21. The molecular weight excluding hydrogens is 270 g/mol. The molecule has 0 amide bonds. The van der Waals surface area contributed by atoms with Crippen LogP contribution in [0.3, 0.4) is 0 Å². The fourth-order valence-corrected chi connectivity index (χ4v) is 1.03. The van der Waals surface area contributed by atoms with E-state index in [0.29, 0.717) is 13.0 Å². The largest absolute Gasteiger partial charge is 0.481 e. The summed E-state index contributed by atoms with van der Waals surface area (Å²) < 4.78 is 0. The molecule has 2 unspecified atom stereocenters. The Morgan fingerprint density at radius 1 is 0.850 bits per heavy atom. The van der Waals surface area contributed by atoms with Crippen LogP contribution < -0.4 is 17.2 Å². The summed E-state index contributed by atoms with van der Waals surface area (Å²) in [5.41, 5.74) is 15.4. The van der Waals surface area contributed by atoms with Gasteiger partial charge >= 0.3 is 17.9 Å². The molecular formula is C11H23N3O6. The van der Waals surface area contributed by atoms with E-state index in [1.807, 2.05) is 0 Å². The van der Waals surface area contributed by atoms with Crippen LogP contribution in [0.25, 0.3) is 0 Å². The van der Waals surface area contributed by atoms with Crippen molar-refractivity contribution in [3.63, 3.8) is 0 Å². The molecule has 0 aliphatic heterocycles. The highest BCUT2D eigenvalue weighted by atomic mass is 16.4. The highest BCUT2D eigenvalue weighted by Gasteiger charge is 2.12. The Kier molecular flexibility index (Phi) is 12.7. The van der Waals surface area contributed by atoms with Crippen molar-refractivity contribution in [3.8, 4) is 0 Å². The molecule has 0 saturated heterocycles. The van der Waals surface area contributed by atoms with Gasteiger partial charge in [-0.3, -0.25) is 14.4 Å². The Morgan fingerprint density at radius 3 is 1.65 bits per heavy atom. The minimum Gasteiger partial charge on any atom is -0.481 e. The SMILES string of the molecule is NC(CCC(=O)O)C(=O)O.NCCCCC(N)C(=O)O. The molecule has 0 aliphatic carbocycles. The molecule has 9 N–H and O–H groups in total. The maximum Gasteiger partial charge on any atom is 0.320 e. The molecule has 0 heterocycles. The van der Waals surface area contributed by atoms with Crippen molar-refractivity contribution in [2.24, 2.45) is 17.2 Å². The first kappa shape index (κ1) is 20.6. The number of rotatable bonds is 9. The molecule has 0 rings (SSSR count). The molecule has 0 spiro atoms. The number of carboxylic acids is 3. The molecule has 0 aromatic rings. The van der Waals surface area contributed by atoms with E-state index in [0.717, 1.165) is 12.8 Å². The lowest BCUT2D eigenvalue weighted by molar-refractivity contribution is -0.140. The average molecular weight is 293 g/mol. The van der Waals surface area contributed by atoms with Crippen molar-refractivity contribution in [3.05, 3.63) is 0 Å². The zero-order chi connectivity index (χ0) is 16.1. The minimum absolute atomic E-state index is 0.0231. The molecule has 118 valence electrons. The second kappa shape index (κ2) is 12.3. The highest BCUT2D eigenvalue weighted by molar-refractivity contribution is 5.74. The molecule has 9 heteroatoms. The number of carbonyl (C=O) groups is 3. The summed E-state index contributed by atoms with van der Waals surface area (Å²) in [5.74, 6) is -3.13. The van der Waals surface area contributed by atoms with Crippen LogP contribution >= 0.6 is 0 Å². The zero-order valence-electron chi connectivity index (χ0n) is 11.2. The van der Waals surface area contributed by atoms with Crippen LogP contribution in [0.5, 0.6) is 0 Å². The summed E-state index contributed by atoms with van der Waals surface area (Å²) >= 11 is 0. The lowest BCUT2D eigenvalue weighted by Crippen LogP contribution is -2.30. The number of carboxylic acid groups (broad SMARTS) is 3. The van der Waals surface area contributed by atoms with E-state index in [1.165, 1.54) is 0 Å². The van der Waals surface area contributed by atoms with Gasteiger partial charge in [-0.05, 0) is 25.8 Å². The van der Waals surface area contributed by atoms with Gasteiger partial charge in [0.15, 0.2) is 0 Å². The van der Waals surface area contributed by atoms with E-state index in [2.05, 4.69) is 0 Å². The zero-order valence-corrected chi connectivity index (χ0v) is 11.2. The average Bonchev–Trinajstić information content (AvgIpc) is 2.36. The van der Waals surface area contributed by atoms with E-state index in [9.17, 15) is 14.4 Å². The topological polar surface area (TPSA) is 190 Å². The van der Waals surface area contributed by atoms with Gasteiger partial charge in [0.1, 0.15) is 12.1 Å². The van der Waals surface area contributed by atoms with Crippen molar-refractivity contribution in [2.45, 2.75) is 44.2 Å². The normalized spacial score (nSPS) is 12.8. The molecule has 0 aromatic carbocycles. The summed E-state index contributed by atoms with van der Waals surface area (Å²) in [6.07, 6.45) is 1.94. The first-order valence-corrected chi connectivity index (χ1v) is 6.11. The quantitative estimate of drug-likeness (QED) is 0.283. The number of hydrogen-bond donors (Lipinski definition) is 6. The number of unbranched alkanes of at least 4 members (excludes halogenated alkanes) is 1. The molecule has 2 atom stereocenters. The van der Waals surface area contributed by atoms with Gasteiger partial charge in [0.25, 0.3) is 0 Å². The number of hydrogen-bond acceptors (Lipinski definition) is 6. The number of nitrogens with two attached hydrogens (primary N) is 3. The third kappa shape index (κ3) is 14.4. The third-order valence-corrected chi connectivity index (χ3v) is 2.27. The Morgan fingerprint density at radius 2 is 1.30 bits per heavy atom. The highest BCUT2D eigenvalue weighted by Crippen LogP contribution is 1.97. The second-order valence-electron chi connectivity index (χ2n) is 4.11. The van der Waals surface area contributed by atoms with Crippen LogP contribution in [-0.4, -0.2) is 51.9 Å². The van der Waals surface area contributed by atoms with Gasteiger partial charge < -0.3 is 32.5 Å². The molecule has 0 aliphatic rings. The minimum atomic E-state index is -1.17. The van der Waals surface area contributed by atoms with Gasteiger partial charge in [-0.15, -0.1) is 0 Å². The van der Waals surface area contributed by atoms with Gasteiger partial charge in [0, 0.05) is 6.42 Å². The standard InChI is InChI=1S/C6H14N2O2.C5H9NO4/c7-4-2-1-3-5(8)6(9)10;6-3(5(9)10)1-2-4(7)8/h5H,1-4,7-8H2,(H,9,10);3H,1-2,6H2,(H,7,8)(H,9,10). The fourth-order valence-electron chi connectivity index (χ4n) is 1.03. The van der Waals surface area contributed by atoms with E-state index >= 15 is 0 Å². The number of aliphatic carboxylic acids is 3. The van der Waals surface area contributed by atoms with Crippen molar-refractivity contribution in [2.75, 3.05) is 6.54 Å². The maximum absolute atomic E-state index is 10.1. The van der Waals surface area contributed by atoms with E-state index in [-0.39, 0.29) is 12.8 Å². The van der Waals surface area contributed by atoms with Crippen molar-refractivity contribution < 1.29 is 29.7 Å². The summed E-state index contributed by atoms with van der Waals surface area (Å²) in [4.78, 5) is 30.0. The predicted molar refractivity (Wildman–Crippen MR) is 71.0 cm³/mol. The van der Waals surface area contributed by atoms with Crippen molar-refractivity contribution in [1.82, 2.24) is 0 Å². The maximum atomic E-state index is 10.1. The molecule has 9 nitrogen and oxygen atoms in total. The Bertz CT molecular complexity index is 311. The van der Waals surface area contributed by atoms with E-state index < -0.39 is 30.0 Å². The van der Waals surface area contributed by atoms with Crippen molar-refractivity contribution >= 4 is 17.9 Å². The fraction of sp³-hybridized carbons (Fsp3) is 0.727. The lowest BCUT2D eigenvalue weighted by Gasteiger charge is -2.03. The van der Waals surface area contributed by atoms with E-state index in [4.69, 9.17) is 32.5 Å². The molecule has 0 aromatic heterocycles. The second-order valence-corrected chi connectivity index (χ2v) is 4.11. The summed E-state index contributed by atoms with van der Waals surface area (Å²) in [6, 6.07) is -1.78. The Balaban J connectivity index is 0. The van der Waals surface area contributed by atoms with Crippen molar-refractivity contribution in [1.29, 1.82) is 0 Å². The van der Waals surface area contributed by atoms with Gasteiger partial charge in [0.2, 0.25) is 0 Å². The van der Waals surface area contributed by atoms with Crippen LogP contribution in [0.1, 0.15) is 32.1 Å². The summed E-state index contributed by atoms with van der Waals surface area (Å²) in [7, 11) is 0. The van der Waals surface area contributed by atoms with Crippen LogP contribution in [0.4, 0.5) is 0 Å². The molecule has 0 radical (unpaired) electrons. The Labute approximate surface area is 116 Å². The molecule has 20 heavy (non-hydrogen) atoms. The van der Waals surface area contributed by atoms with Gasteiger partial charge in [0.05, 0.1) is 0 Å². The van der Waals surface area contributed by atoms with Crippen LogP contribution in [0.15, 0.2) is 0 Å². The molecule has 0 saturated carbocycles. The van der Waals surface area contributed by atoms with Crippen LogP contribution in [0.2, 0.25) is 0 Å². The van der Waals surface area contributed by atoms with Gasteiger partial charge in [-0.25, -0.2) is 0 Å². The first-order chi connectivity index (χ1) is 9.22. The van der Waals surface area contributed by atoms with E-state index in [1.54, 1.807) is 0 Å².